The predicted octanol–water partition coefficient (Wildman–Crippen LogP) is 1.18. The van der Waals surface area contributed by atoms with Gasteiger partial charge in [0.15, 0.2) is 0 Å². The van der Waals surface area contributed by atoms with Gasteiger partial charge in [-0.25, -0.2) is 9.18 Å². The molecule has 1 atom stereocenters. The Hall–Kier alpha value is -1.91. The third-order valence-corrected chi connectivity index (χ3v) is 2.07. The van der Waals surface area contributed by atoms with E-state index >= 15 is 0 Å². The number of carbonyl (C=O) groups is 2. The fraction of sp³-hybridized carbons (Fsp3) is 0.273. The van der Waals surface area contributed by atoms with Gasteiger partial charge in [-0.15, -0.1) is 0 Å². The highest BCUT2D eigenvalue weighted by molar-refractivity contribution is 6.32. The summed E-state index contributed by atoms with van der Waals surface area (Å²) in [6.07, 6.45) is 0. The molecule has 1 N–H and O–H groups in total. The first-order chi connectivity index (χ1) is 7.54. The molecule has 0 saturated carbocycles. The molecule has 0 bridgehead atoms. The molecular formula is C11H12FNO3. The van der Waals surface area contributed by atoms with E-state index in [0.717, 1.165) is 7.11 Å². The molecule has 0 aliphatic heterocycles. The molecule has 1 unspecified atom stereocenters. The SMILES string of the molecule is COC(=O)C(=O)NC(C)c1cccc(F)c1. The standard InChI is InChI=1S/C11H12FNO3/c1-7(13-10(14)11(15)16-2)8-4-3-5-9(12)6-8/h3-7H,1-2H3,(H,13,14). The summed E-state index contributed by atoms with van der Waals surface area (Å²) in [5.41, 5.74) is 0.581. The molecule has 0 spiro atoms. The summed E-state index contributed by atoms with van der Waals surface area (Å²) < 4.78 is 17.1. The van der Waals surface area contributed by atoms with Gasteiger partial charge in [-0.2, -0.15) is 0 Å². The van der Waals surface area contributed by atoms with Crippen molar-refractivity contribution in [3.63, 3.8) is 0 Å². The number of carbonyl (C=O) groups excluding carboxylic acids is 2. The van der Waals surface area contributed by atoms with Crippen molar-refractivity contribution >= 4 is 11.9 Å². The van der Waals surface area contributed by atoms with Crippen molar-refractivity contribution in [1.82, 2.24) is 5.32 Å². The van der Waals surface area contributed by atoms with Crippen LogP contribution in [-0.4, -0.2) is 19.0 Å². The second-order valence-electron chi connectivity index (χ2n) is 3.24. The van der Waals surface area contributed by atoms with Crippen molar-refractivity contribution < 1.29 is 18.7 Å². The van der Waals surface area contributed by atoms with Crippen LogP contribution in [0.25, 0.3) is 0 Å². The number of ether oxygens (including phenoxy) is 1. The van der Waals surface area contributed by atoms with E-state index in [9.17, 15) is 14.0 Å². The monoisotopic (exact) mass is 225 g/mol. The highest BCUT2D eigenvalue weighted by Gasteiger charge is 2.17. The fourth-order valence-corrected chi connectivity index (χ4v) is 1.21. The van der Waals surface area contributed by atoms with Crippen molar-refractivity contribution in [3.8, 4) is 0 Å². The smallest absolute Gasteiger partial charge is 0.396 e. The summed E-state index contributed by atoms with van der Waals surface area (Å²) in [6, 6.07) is 5.33. The summed E-state index contributed by atoms with van der Waals surface area (Å²) in [7, 11) is 1.12. The van der Waals surface area contributed by atoms with Gasteiger partial charge >= 0.3 is 11.9 Å². The minimum Gasteiger partial charge on any atom is -0.462 e. The zero-order valence-corrected chi connectivity index (χ0v) is 8.99. The van der Waals surface area contributed by atoms with Crippen molar-refractivity contribution in [1.29, 1.82) is 0 Å². The van der Waals surface area contributed by atoms with E-state index in [1.807, 2.05) is 0 Å². The third-order valence-electron chi connectivity index (χ3n) is 2.07. The van der Waals surface area contributed by atoms with Gasteiger partial charge < -0.3 is 10.1 Å². The first-order valence-corrected chi connectivity index (χ1v) is 4.69. The molecule has 0 heterocycles. The van der Waals surface area contributed by atoms with E-state index in [0.29, 0.717) is 5.56 Å². The van der Waals surface area contributed by atoms with Crippen LogP contribution in [0.3, 0.4) is 0 Å². The number of nitrogens with one attached hydrogen (secondary N) is 1. The van der Waals surface area contributed by atoms with Gasteiger partial charge in [0.2, 0.25) is 0 Å². The highest BCUT2D eigenvalue weighted by atomic mass is 19.1. The lowest BCUT2D eigenvalue weighted by molar-refractivity contribution is -0.153. The maximum atomic E-state index is 12.9. The molecule has 0 aromatic heterocycles. The minimum atomic E-state index is -0.969. The number of halogens is 1. The Balaban J connectivity index is 2.69. The fourth-order valence-electron chi connectivity index (χ4n) is 1.21. The Labute approximate surface area is 92.4 Å². The van der Waals surface area contributed by atoms with Gasteiger partial charge in [0.05, 0.1) is 13.2 Å². The molecule has 4 nitrogen and oxygen atoms in total. The molecule has 0 aliphatic rings. The van der Waals surface area contributed by atoms with E-state index < -0.39 is 23.7 Å². The molecular weight excluding hydrogens is 213 g/mol. The number of methoxy groups -OCH3 is 1. The van der Waals surface area contributed by atoms with Crippen LogP contribution in [0, 0.1) is 5.82 Å². The lowest BCUT2D eigenvalue weighted by Crippen LogP contribution is -2.33. The van der Waals surface area contributed by atoms with Crippen LogP contribution in [0.4, 0.5) is 4.39 Å². The van der Waals surface area contributed by atoms with Gasteiger partial charge in [-0.1, -0.05) is 12.1 Å². The predicted molar refractivity (Wildman–Crippen MR) is 55.0 cm³/mol. The Morgan fingerprint density at radius 3 is 2.69 bits per heavy atom. The number of hydrogen-bond donors (Lipinski definition) is 1. The maximum absolute atomic E-state index is 12.9. The number of esters is 1. The first kappa shape index (κ1) is 12.2. The molecule has 0 radical (unpaired) electrons. The summed E-state index contributed by atoms with van der Waals surface area (Å²) in [5, 5.41) is 2.39. The lowest BCUT2D eigenvalue weighted by atomic mass is 10.1. The molecule has 1 amide bonds. The Morgan fingerprint density at radius 1 is 1.44 bits per heavy atom. The number of hydrogen-bond acceptors (Lipinski definition) is 3. The Morgan fingerprint density at radius 2 is 2.12 bits per heavy atom. The van der Waals surface area contributed by atoms with Gasteiger partial charge in [-0.3, -0.25) is 4.79 Å². The molecule has 86 valence electrons. The summed E-state index contributed by atoms with van der Waals surface area (Å²) in [5.74, 6) is -2.21. The minimum absolute atomic E-state index is 0.392. The van der Waals surface area contributed by atoms with Gasteiger partial charge in [-0.05, 0) is 24.6 Å². The lowest BCUT2D eigenvalue weighted by Gasteiger charge is -2.13. The van der Waals surface area contributed by atoms with E-state index in [1.165, 1.54) is 18.2 Å². The number of amides is 1. The number of rotatable bonds is 2. The van der Waals surface area contributed by atoms with Gasteiger partial charge in [0.1, 0.15) is 5.82 Å². The van der Waals surface area contributed by atoms with Crippen LogP contribution in [-0.2, 0) is 14.3 Å². The van der Waals surface area contributed by atoms with Crippen molar-refractivity contribution in [2.75, 3.05) is 7.11 Å². The third kappa shape index (κ3) is 3.05. The Kier molecular flexibility index (Phi) is 3.99. The van der Waals surface area contributed by atoms with Crippen LogP contribution in [0.1, 0.15) is 18.5 Å². The molecule has 0 saturated heterocycles. The average Bonchev–Trinajstić information content (AvgIpc) is 2.27. The van der Waals surface area contributed by atoms with Crippen LogP contribution < -0.4 is 5.32 Å². The van der Waals surface area contributed by atoms with Crippen LogP contribution in [0.15, 0.2) is 24.3 Å². The second kappa shape index (κ2) is 5.25. The first-order valence-electron chi connectivity index (χ1n) is 4.69. The van der Waals surface area contributed by atoms with Crippen molar-refractivity contribution in [3.05, 3.63) is 35.6 Å². The van der Waals surface area contributed by atoms with E-state index in [2.05, 4.69) is 10.1 Å². The van der Waals surface area contributed by atoms with Gasteiger partial charge in [0, 0.05) is 0 Å². The normalized spacial score (nSPS) is 11.7. The van der Waals surface area contributed by atoms with Crippen LogP contribution in [0.2, 0.25) is 0 Å². The maximum Gasteiger partial charge on any atom is 0.396 e. The number of benzene rings is 1. The molecule has 16 heavy (non-hydrogen) atoms. The quantitative estimate of drug-likeness (QED) is 0.607. The van der Waals surface area contributed by atoms with E-state index in [1.54, 1.807) is 13.0 Å². The zero-order chi connectivity index (χ0) is 12.1. The average molecular weight is 225 g/mol. The Bertz CT molecular complexity index is 406. The summed E-state index contributed by atoms with van der Waals surface area (Å²) >= 11 is 0. The molecule has 0 aliphatic carbocycles. The molecule has 1 aromatic carbocycles. The molecule has 1 rings (SSSR count). The molecule has 5 heteroatoms. The van der Waals surface area contributed by atoms with Crippen molar-refractivity contribution in [2.24, 2.45) is 0 Å². The summed E-state index contributed by atoms with van der Waals surface area (Å²) in [6.45, 7) is 1.65. The van der Waals surface area contributed by atoms with Crippen LogP contribution >= 0.6 is 0 Å². The highest BCUT2D eigenvalue weighted by Crippen LogP contribution is 2.13. The molecule has 0 fully saturated rings. The van der Waals surface area contributed by atoms with Gasteiger partial charge in [0.25, 0.3) is 0 Å². The van der Waals surface area contributed by atoms with E-state index in [-0.39, 0.29) is 0 Å². The largest absolute Gasteiger partial charge is 0.462 e. The molecule has 1 aromatic rings. The topological polar surface area (TPSA) is 55.4 Å². The zero-order valence-electron chi connectivity index (χ0n) is 8.99. The van der Waals surface area contributed by atoms with E-state index in [4.69, 9.17) is 0 Å². The van der Waals surface area contributed by atoms with Crippen molar-refractivity contribution in [2.45, 2.75) is 13.0 Å². The van der Waals surface area contributed by atoms with Crippen LogP contribution in [0.5, 0.6) is 0 Å². The summed E-state index contributed by atoms with van der Waals surface area (Å²) in [4.78, 5) is 22.0. The second-order valence-corrected chi connectivity index (χ2v) is 3.24.